The Morgan fingerprint density at radius 2 is 1.11 bits per heavy atom. The van der Waals surface area contributed by atoms with E-state index in [-0.39, 0.29) is 11.9 Å². The zero-order chi connectivity index (χ0) is 20.9. The predicted molar refractivity (Wildman–Crippen MR) is 124 cm³/mol. The SMILES string of the molecule is CCCCCCCCCCCCCCCCOC(=O)[C@@H](C)CCC[C@H](C)CC. The molecule has 2 nitrogen and oxygen atoms in total. The average molecular weight is 397 g/mol. The van der Waals surface area contributed by atoms with Crippen molar-refractivity contribution in [2.75, 3.05) is 6.61 Å². The summed E-state index contributed by atoms with van der Waals surface area (Å²) in [7, 11) is 0. The van der Waals surface area contributed by atoms with Crippen LogP contribution in [-0.4, -0.2) is 12.6 Å². The first-order chi connectivity index (χ1) is 13.6. The van der Waals surface area contributed by atoms with Gasteiger partial charge in [-0.15, -0.1) is 0 Å². The summed E-state index contributed by atoms with van der Waals surface area (Å²) in [6.45, 7) is 9.44. The minimum atomic E-state index is 0.0128. The monoisotopic (exact) mass is 396 g/mol. The molecular formula is C26H52O2. The number of esters is 1. The highest BCUT2D eigenvalue weighted by molar-refractivity contribution is 5.71. The van der Waals surface area contributed by atoms with Gasteiger partial charge in [0.15, 0.2) is 0 Å². The van der Waals surface area contributed by atoms with Gasteiger partial charge in [-0.2, -0.15) is 0 Å². The standard InChI is InChI=1S/C26H52O2/c1-5-7-8-9-10-11-12-13-14-15-16-17-18-19-23-28-26(27)25(4)22-20-21-24(3)6-2/h24-25H,5-23H2,1-4H3/t24-,25+/m1/s1. The molecule has 0 aliphatic heterocycles. The van der Waals surface area contributed by atoms with E-state index in [0.717, 1.165) is 25.2 Å². The van der Waals surface area contributed by atoms with Crippen LogP contribution in [0.15, 0.2) is 0 Å². The molecule has 0 fully saturated rings. The Balaban J connectivity index is 3.28. The van der Waals surface area contributed by atoms with E-state index >= 15 is 0 Å². The molecule has 2 heteroatoms. The van der Waals surface area contributed by atoms with Gasteiger partial charge in [0.05, 0.1) is 12.5 Å². The lowest BCUT2D eigenvalue weighted by Gasteiger charge is -2.13. The minimum absolute atomic E-state index is 0.0128. The van der Waals surface area contributed by atoms with Gasteiger partial charge in [-0.1, -0.05) is 130 Å². The molecule has 0 amide bonds. The summed E-state index contributed by atoms with van der Waals surface area (Å²) in [5, 5.41) is 0. The van der Waals surface area contributed by atoms with Crippen LogP contribution in [0.5, 0.6) is 0 Å². The Morgan fingerprint density at radius 1 is 0.643 bits per heavy atom. The highest BCUT2D eigenvalue weighted by Gasteiger charge is 2.14. The highest BCUT2D eigenvalue weighted by Crippen LogP contribution is 2.16. The Morgan fingerprint density at radius 3 is 1.57 bits per heavy atom. The maximum Gasteiger partial charge on any atom is 0.308 e. The van der Waals surface area contributed by atoms with E-state index in [1.54, 1.807) is 0 Å². The summed E-state index contributed by atoms with van der Waals surface area (Å²) < 4.78 is 5.46. The highest BCUT2D eigenvalue weighted by atomic mass is 16.5. The lowest BCUT2D eigenvalue weighted by molar-refractivity contribution is -0.148. The number of hydrogen-bond acceptors (Lipinski definition) is 2. The first-order valence-electron chi connectivity index (χ1n) is 12.8. The number of unbranched alkanes of at least 4 members (excludes halogenated alkanes) is 13. The Labute approximate surface area is 177 Å². The fourth-order valence-corrected chi connectivity index (χ4v) is 3.71. The minimum Gasteiger partial charge on any atom is -0.465 e. The maximum absolute atomic E-state index is 12.0. The second-order valence-corrected chi connectivity index (χ2v) is 9.11. The fourth-order valence-electron chi connectivity index (χ4n) is 3.71. The summed E-state index contributed by atoms with van der Waals surface area (Å²) in [5.41, 5.74) is 0. The lowest BCUT2D eigenvalue weighted by Crippen LogP contribution is -2.15. The molecule has 28 heavy (non-hydrogen) atoms. The van der Waals surface area contributed by atoms with E-state index in [1.165, 1.54) is 96.3 Å². The van der Waals surface area contributed by atoms with Crippen LogP contribution < -0.4 is 0 Å². The van der Waals surface area contributed by atoms with Gasteiger partial charge in [0.2, 0.25) is 0 Å². The van der Waals surface area contributed by atoms with Crippen molar-refractivity contribution in [3.8, 4) is 0 Å². The summed E-state index contributed by atoms with van der Waals surface area (Å²) in [5.74, 6) is 0.855. The summed E-state index contributed by atoms with van der Waals surface area (Å²) in [6.07, 6.45) is 23.6. The summed E-state index contributed by atoms with van der Waals surface area (Å²) >= 11 is 0. The third-order valence-electron chi connectivity index (χ3n) is 6.18. The van der Waals surface area contributed by atoms with Gasteiger partial charge in [0.1, 0.15) is 0 Å². The number of rotatable bonds is 21. The predicted octanol–water partition coefficient (Wildman–Crippen LogP) is 8.86. The summed E-state index contributed by atoms with van der Waals surface area (Å²) in [6, 6.07) is 0. The van der Waals surface area contributed by atoms with Crippen LogP contribution in [-0.2, 0) is 9.53 Å². The molecule has 0 unspecified atom stereocenters. The van der Waals surface area contributed by atoms with Crippen LogP contribution >= 0.6 is 0 Å². The van der Waals surface area contributed by atoms with E-state index in [4.69, 9.17) is 4.74 Å². The fraction of sp³-hybridized carbons (Fsp3) is 0.962. The molecule has 0 saturated carbocycles. The molecule has 2 atom stereocenters. The zero-order valence-electron chi connectivity index (χ0n) is 19.9. The number of carbonyl (C=O) groups excluding carboxylic acids is 1. The molecule has 0 radical (unpaired) electrons. The van der Waals surface area contributed by atoms with Crippen molar-refractivity contribution in [2.24, 2.45) is 11.8 Å². The average Bonchev–Trinajstić information content (AvgIpc) is 2.70. The molecule has 0 aromatic heterocycles. The third kappa shape index (κ3) is 18.8. The second kappa shape index (κ2) is 21.2. The first-order valence-corrected chi connectivity index (χ1v) is 12.8. The summed E-state index contributed by atoms with van der Waals surface area (Å²) in [4.78, 5) is 12.0. The van der Waals surface area contributed by atoms with Crippen molar-refractivity contribution in [2.45, 2.75) is 143 Å². The topological polar surface area (TPSA) is 26.3 Å². The van der Waals surface area contributed by atoms with Crippen molar-refractivity contribution in [3.05, 3.63) is 0 Å². The maximum atomic E-state index is 12.0. The largest absolute Gasteiger partial charge is 0.465 e. The molecule has 0 aliphatic carbocycles. The van der Waals surface area contributed by atoms with Crippen LogP contribution in [0, 0.1) is 11.8 Å². The van der Waals surface area contributed by atoms with Gasteiger partial charge in [-0.25, -0.2) is 0 Å². The molecule has 0 spiro atoms. The van der Waals surface area contributed by atoms with E-state index < -0.39 is 0 Å². The van der Waals surface area contributed by atoms with E-state index in [9.17, 15) is 4.79 Å². The molecular weight excluding hydrogens is 344 g/mol. The van der Waals surface area contributed by atoms with Crippen LogP contribution in [0.3, 0.4) is 0 Å². The van der Waals surface area contributed by atoms with Crippen molar-refractivity contribution >= 4 is 5.97 Å². The van der Waals surface area contributed by atoms with Gasteiger partial charge < -0.3 is 4.74 Å². The molecule has 0 N–H and O–H groups in total. The normalized spacial score (nSPS) is 13.4. The quantitative estimate of drug-likeness (QED) is 0.143. The van der Waals surface area contributed by atoms with Crippen molar-refractivity contribution < 1.29 is 9.53 Å². The van der Waals surface area contributed by atoms with E-state index in [1.807, 2.05) is 6.92 Å². The number of carbonyl (C=O) groups is 1. The third-order valence-corrected chi connectivity index (χ3v) is 6.18. The van der Waals surface area contributed by atoms with Gasteiger partial charge in [-0.05, 0) is 18.8 Å². The Kier molecular flexibility index (Phi) is 20.8. The Hall–Kier alpha value is -0.530. The smallest absolute Gasteiger partial charge is 0.308 e. The Bertz CT molecular complexity index is 326. The molecule has 0 aromatic carbocycles. The number of hydrogen-bond donors (Lipinski definition) is 0. The molecule has 0 heterocycles. The van der Waals surface area contributed by atoms with E-state index in [0.29, 0.717) is 6.61 Å². The molecule has 168 valence electrons. The molecule has 0 aliphatic rings. The van der Waals surface area contributed by atoms with Crippen molar-refractivity contribution in [3.63, 3.8) is 0 Å². The van der Waals surface area contributed by atoms with Crippen molar-refractivity contribution in [1.29, 1.82) is 0 Å². The van der Waals surface area contributed by atoms with Gasteiger partial charge >= 0.3 is 5.97 Å². The van der Waals surface area contributed by atoms with Gasteiger partial charge in [0.25, 0.3) is 0 Å². The van der Waals surface area contributed by atoms with Crippen LogP contribution in [0.4, 0.5) is 0 Å². The zero-order valence-corrected chi connectivity index (χ0v) is 19.9. The molecule has 0 aromatic rings. The molecule has 0 rings (SSSR count). The van der Waals surface area contributed by atoms with E-state index in [2.05, 4.69) is 20.8 Å². The van der Waals surface area contributed by atoms with Gasteiger partial charge in [-0.3, -0.25) is 4.79 Å². The van der Waals surface area contributed by atoms with Gasteiger partial charge in [0, 0.05) is 0 Å². The van der Waals surface area contributed by atoms with Crippen LogP contribution in [0.25, 0.3) is 0 Å². The lowest BCUT2D eigenvalue weighted by atomic mass is 9.97. The van der Waals surface area contributed by atoms with Crippen LogP contribution in [0.2, 0.25) is 0 Å². The first kappa shape index (κ1) is 27.5. The molecule has 0 bridgehead atoms. The van der Waals surface area contributed by atoms with Crippen molar-refractivity contribution in [1.82, 2.24) is 0 Å². The second-order valence-electron chi connectivity index (χ2n) is 9.11. The number of ether oxygens (including phenoxy) is 1. The molecule has 0 saturated heterocycles. The van der Waals surface area contributed by atoms with Crippen LogP contribution in [0.1, 0.15) is 143 Å².